The van der Waals surface area contributed by atoms with Crippen LogP contribution >= 0.6 is 0 Å². The molecule has 1 aliphatic carbocycles. The highest BCUT2D eigenvalue weighted by molar-refractivity contribution is 5.28. The van der Waals surface area contributed by atoms with Crippen molar-refractivity contribution in [1.29, 1.82) is 0 Å². The summed E-state index contributed by atoms with van der Waals surface area (Å²) in [4.78, 5) is 0. The Hall–Kier alpha value is -0.760. The fourth-order valence-corrected chi connectivity index (χ4v) is 2.79. The summed E-state index contributed by atoms with van der Waals surface area (Å²) in [6.45, 7) is 5.75. The molecule has 0 fully saturated rings. The first-order valence-electron chi connectivity index (χ1n) is 6.69. The van der Waals surface area contributed by atoms with Gasteiger partial charge in [-0.2, -0.15) is 0 Å². The third-order valence-electron chi connectivity index (χ3n) is 4.05. The molecule has 2 heteroatoms. The lowest BCUT2D eigenvalue weighted by Crippen LogP contribution is -2.19. The molecule has 2 N–H and O–H groups in total. The van der Waals surface area contributed by atoms with Gasteiger partial charge in [0.1, 0.15) is 0 Å². The van der Waals surface area contributed by atoms with Crippen LogP contribution in [0.3, 0.4) is 0 Å². The predicted octanol–water partition coefficient (Wildman–Crippen LogP) is 3.26. The van der Waals surface area contributed by atoms with Gasteiger partial charge in [-0.3, -0.25) is 0 Å². The summed E-state index contributed by atoms with van der Waals surface area (Å²) in [5.41, 5.74) is 9.05. The topological polar surface area (TPSA) is 30.9 Å². The van der Waals surface area contributed by atoms with Crippen molar-refractivity contribution in [3.05, 3.63) is 23.5 Å². The van der Waals surface area contributed by atoms with Gasteiger partial charge in [-0.15, -0.1) is 0 Å². The summed E-state index contributed by atoms with van der Waals surface area (Å²) in [6.07, 6.45) is 8.42. The molecule has 0 bridgehead atoms. The van der Waals surface area contributed by atoms with E-state index in [9.17, 15) is 0 Å². The van der Waals surface area contributed by atoms with Gasteiger partial charge in [0.25, 0.3) is 0 Å². The SMILES string of the molecule is CCC(CC)Cn1ccc2c1CCCC2N. The zero-order valence-electron chi connectivity index (χ0n) is 10.6. The first-order chi connectivity index (χ1) is 7.76. The summed E-state index contributed by atoms with van der Waals surface area (Å²) in [5.74, 6) is 0.814. The van der Waals surface area contributed by atoms with Crippen molar-refractivity contribution in [1.82, 2.24) is 4.57 Å². The number of aromatic nitrogens is 1. The molecular formula is C14H24N2. The van der Waals surface area contributed by atoms with E-state index in [4.69, 9.17) is 5.73 Å². The smallest absolute Gasteiger partial charge is 0.0312 e. The van der Waals surface area contributed by atoms with Crippen LogP contribution < -0.4 is 5.73 Å². The van der Waals surface area contributed by atoms with E-state index in [0.717, 1.165) is 12.3 Å². The Kier molecular flexibility index (Phi) is 3.70. The number of hydrogen-bond donors (Lipinski definition) is 1. The molecule has 0 spiro atoms. The lowest BCUT2D eigenvalue weighted by Gasteiger charge is -2.22. The van der Waals surface area contributed by atoms with E-state index in [1.54, 1.807) is 0 Å². The van der Waals surface area contributed by atoms with Crippen LogP contribution in [0.25, 0.3) is 0 Å². The van der Waals surface area contributed by atoms with Crippen LogP contribution in [0.2, 0.25) is 0 Å². The van der Waals surface area contributed by atoms with Gasteiger partial charge in [-0.05, 0) is 36.8 Å². The van der Waals surface area contributed by atoms with Crippen LogP contribution in [-0.4, -0.2) is 4.57 Å². The lowest BCUT2D eigenvalue weighted by molar-refractivity contribution is 0.406. The summed E-state index contributed by atoms with van der Waals surface area (Å²) < 4.78 is 2.45. The van der Waals surface area contributed by atoms with Gasteiger partial charge < -0.3 is 10.3 Å². The summed E-state index contributed by atoms with van der Waals surface area (Å²) in [6, 6.07) is 2.52. The maximum Gasteiger partial charge on any atom is 0.0312 e. The third kappa shape index (κ3) is 2.17. The summed E-state index contributed by atoms with van der Waals surface area (Å²) in [5, 5.41) is 0. The van der Waals surface area contributed by atoms with Gasteiger partial charge in [0.15, 0.2) is 0 Å². The van der Waals surface area contributed by atoms with E-state index in [1.807, 2.05) is 0 Å². The minimum atomic E-state index is 0.284. The fraction of sp³-hybridized carbons (Fsp3) is 0.714. The second kappa shape index (κ2) is 5.05. The molecule has 0 saturated carbocycles. The first kappa shape index (κ1) is 11.7. The average molecular weight is 220 g/mol. The number of hydrogen-bond acceptors (Lipinski definition) is 1. The Balaban J connectivity index is 2.16. The van der Waals surface area contributed by atoms with Crippen molar-refractivity contribution in [2.45, 2.75) is 58.5 Å². The number of rotatable bonds is 4. The minimum absolute atomic E-state index is 0.284. The highest BCUT2D eigenvalue weighted by Gasteiger charge is 2.20. The van der Waals surface area contributed by atoms with Crippen LogP contribution in [-0.2, 0) is 13.0 Å². The van der Waals surface area contributed by atoms with Crippen LogP contribution in [0.4, 0.5) is 0 Å². The first-order valence-corrected chi connectivity index (χ1v) is 6.69. The third-order valence-corrected chi connectivity index (χ3v) is 4.05. The molecule has 0 aromatic carbocycles. The van der Waals surface area contributed by atoms with Crippen LogP contribution in [0.5, 0.6) is 0 Å². The van der Waals surface area contributed by atoms with E-state index in [-0.39, 0.29) is 6.04 Å². The standard InChI is InChI=1S/C14H24N2/c1-3-11(4-2)10-16-9-8-12-13(15)6-5-7-14(12)16/h8-9,11,13H,3-7,10,15H2,1-2H3. The molecular weight excluding hydrogens is 196 g/mol. The van der Waals surface area contributed by atoms with Crippen LogP contribution in [0, 0.1) is 5.92 Å². The maximum absolute atomic E-state index is 6.14. The Morgan fingerprint density at radius 1 is 1.44 bits per heavy atom. The highest BCUT2D eigenvalue weighted by atomic mass is 15.0. The number of nitrogens with zero attached hydrogens (tertiary/aromatic N) is 1. The van der Waals surface area contributed by atoms with Crippen molar-refractivity contribution in [3.63, 3.8) is 0 Å². The molecule has 0 radical (unpaired) electrons. The van der Waals surface area contributed by atoms with E-state index >= 15 is 0 Å². The molecule has 1 unspecified atom stereocenters. The van der Waals surface area contributed by atoms with Gasteiger partial charge in [0.2, 0.25) is 0 Å². The molecule has 90 valence electrons. The lowest BCUT2D eigenvalue weighted by atomic mass is 9.93. The van der Waals surface area contributed by atoms with Gasteiger partial charge in [-0.25, -0.2) is 0 Å². The molecule has 1 atom stereocenters. The molecule has 0 saturated heterocycles. The molecule has 0 aliphatic heterocycles. The van der Waals surface area contributed by atoms with Crippen molar-refractivity contribution in [3.8, 4) is 0 Å². The van der Waals surface area contributed by atoms with Crippen LogP contribution in [0.15, 0.2) is 12.3 Å². The number of nitrogens with two attached hydrogens (primary N) is 1. The van der Waals surface area contributed by atoms with E-state index in [2.05, 4.69) is 30.7 Å². The van der Waals surface area contributed by atoms with Crippen molar-refractivity contribution in [2.75, 3.05) is 0 Å². The predicted molar refractivity (Wildman–Crippen MR) is 68.4 cm³/mol. The summed E-state index contributed by atoms with van der Waals surface area (Å²) in [7, 11) is 0. The molecule has 0 amide bonds. The largest absolute Gasteiger partial charge is 0.351 e. The van der Waals surface area contributed by atoms with E-state index in [0.29, 0.717) is 0 Å². The van der Waals surface area contributed by atoms with Crippen molar-refractivity contribution >= 4 is 0 Å². The highest BCUT2D eigenvalue weighted by Crippen LogP contribution is 2.29. The van der Waals surface area contributed by atoms with Crippen LogP contribution in [0.1, 0.15) is 56.8 Å². The number of fused-ring (bicyclic) bond motifs is 1. The Morgan fingerprint density at radius 3 is 2.88 bits per heavy atom. The van der Waals surface area contributed by atoms with Gasteiger partial charge in [0.05, 0.1) is 0 Å². The molecule has 1 aromatic heterocycles. The molecule has 1 heterocycles. The van der Waals surface area contributed by atoms with Crippen molar-refractivity contribution in [2.24, 2.45) is 11.7 Å². The van der Waals surface area contributed by atoms with Crippen molar-refractivity contribution < 1.29 is 0 Å². The van der Waals surface area contributed by atoms with E-state index in [1.165, 1.54) is 43.5 Å². The molecule has 16 heavy (non-hydrogen) atoms. The normalized spacial score (nSPS) is 20.1. The van der Waals surface area contributed by atoms with Gasteiger partial charge in [0, 0.05) is 24.5 Å². The monoisotopic (exact) mass is 220 g/mol. The Morgan fingerprint density at radius 2 is 2.19 bits per heavy atom. The molecule has 2 rings (SSSR count). The van der Waals surface area contributed by atoms with Gasteiger partial charge >= 0.3 is 0 Å². The zero-order chi connectivity index (χ0) is 11.5. The average Bonchev–Trinajstić information content (AvgIpc) is 2.71. The second-order valence-corrected chi connectivity index (χ2v) is 5.05. The summed E-state index contributed by atoms with van der Waals surface area (Å²) >= 11 is 0. The Labute approximate surface area is 98.8 Å². The van der Waals surface area contributed by atoms with E-state index < -0.39 is 0 Å². The zero-order valence-corrected chi connectivity index (χ0v) is 10.6. The minimum Gasteiger partial charge on any atom is -0.351 e. The quantitative estimate of drug-likeness (QED) is 0.829. The van der Waals surface area contributed by atoms with Gasteiger partial charge in [-0.1, -0.05) is 26.7 Å². The Bertz CT molecular complexity index is 337. The molecule has 1 aromatic rings. The second-order valence-electron chi connectivity index (χ2n) is 5.05. The fourth-order valence-electron chi connectivity index (χ4n) is 2.79. The molecule has 1 aliphatic rings. The molecule has 2 nitrogen and oxygen atoms in total. The maximum atomic E-state index is 6.14.